The minimum atomic E-state index is -0.609. The molecule has 0 bridgehead atoms. The molecule has 1 aliphatic rings. The molecule has 0 fully saturated rings. The van der Waals surface area contributed by atoms with Crippen LogP contribution in [0.25, 0.3) is 0 Å². The zero-order valence-electron chi connectivity index (χ0n) is 15.1. The van der Waals surface area contributed by atoms with Gasteiger partial charge in [-0.15, -0.1) is 0 Å². The van der Waals surface area contributed by atoms with Crippen LogP contribution in [-0.4, -0.2) is 23.3 Å². The van der Waals surface area contributed by atoms with E-state index >= 15 is 0 Å². The molecule has 0 saturated heterocycles. The van der Waals surface area contributed by atoms with Crippen LogP contribution in [0.2, 0.25) is 0 Å². The number of aromatic hydroxyl groups is 1. The minimum Gasteiger partial charge on any atom is -0.507 e. The second kappa shape index (κ2) is 8.17. The van der Waals surface area contributed by atoms with Crippen molar-refractivity contribution < 1.29 is 14.7 Å². The maximum absolute atomic E-state index is 12.8. The average molecular weight is 351 g/mol. The van der Waals surface area contributed by atoms with Gasteiger partial charge in [-0.1, -0.05) is 56.2 Å². The van der Waals surface area contributed by atoms with E-state index in [9.17, 15) is 14.7 Å². The van der Waals surface area contributed by atoms with Gasteiger partial charge in [0.1, 0.15) is 5.75 Å². The largest absolute Gasteiger partial charge is 0.507 e. The lowest BCUT2D eigenvalue weighted by Gasteiger charge is -2.31. The van der Waals surface area contributed by atoms with Gasteiger partial charge in [0, 0.05) is 5.92 Å². The van der Waals surface area contributed by atoms with Crippen molar-refractivity contribution in [1.82, 2.24) is 5.32 Å². The molecular weight excluding hydrogens is 326 g/mol. The van der Waals surface area contributed by atoms with Crippen molar-refractivity contribution in [2.45, 2.75) is 51.0 Å². The molecule has 26 heavy (non-hydrogen) atoms. The van der Waals surface area contributed by atoms with Crippen molar-refractivity contribution in [2.24, 2.45) is 0 Å². The van der Waals surface area contributed by atoms with Crippen molar-refractivity contribution >= 4 is 12.2 Å². The third-order valence-corrected chi connectivity index (χ3v) is 5.16. The summed E-state index contributed by atoms with van der Waals surface area (Å²) in [6.45, 7) is 2.16. The Kier molecular flexibility index (Phi) is 5.71. The lowest BCUT2D eigenvalue weighted by molar-refractivity contribution is -0.110. The number of amides is 1. The van der Waals surface area contributed by atoms with Gasteiger partial charge in [0.2, 0.25) is 6.41 Å². The Bertz CT molecular complexity index is 785. The molecule has 136 valence electrons. The normalized spacial score (nSPS) is 19.0. The maximum Gasteiger partial charge on any atom is 0.207 e. The molecule has 2 aromatic carbocycles. The smallest absolute Gasteiger partial charge is 0.207 e. The van der Waals surface area contributed by atoms with Gasteiger partial charge in [0.05, 0.1) is 11.6 Å². The standard InChI is InChI=1S/C22H25NO3/c1-2-3-5-8-15-11-18-17(16-9-6-4-7-10-16)13-19(23-14-24)22(26)21(18)20(25)12-15/h4,6-7,9-12,14,17,19,25H,2-3,5,8,13H2,1H3,(H,23,24). The number of phenolic OH excluding ortho intramolecular Hbond substituents is 1. The first kappa shape index (κ1) is 18.2. The van der Waals surface area contributed by atoms with Crippen molar-refractivity contribution in [1.29, 1.82) is 0 Å². The quantitative estimate of drug-likeness (QED) is 0.586. The number of Topliss-reactive ketones (excluding diaryl/α,β-unsaturated/α-hetero) is 1. The van der Waals surface area contributed by atoms with Crippen LogP contribution in [0.1, 0.15) is 65.6 Å². The van der Waals surface area contributed by atoms with Crippen LogP contribution < -0.4 is 5.32 Å². The molecule has 0 saturated carbocycles. The molecule has 2 N–H and O–H groups in total. The SMILES string of the molecule is CCCCCc1cc(O)c2c(c1)C(c1ccccc1)CC(NC=O)C2=O. The molecule has 0 aromatic heterocycles. The minimum absolute atomic E-state index is 0.0253. The van der Waals surface area contributed by atoms with E-state index in [0.717, 1.165) is 42.4 Å². The summed E-state index contributed by atoms with van der Waals surface area (Å²) in [6.07, 6.45) is 5.30. The molecule has 2 aromatic rings. The topological polar surface area (TPSA) is 66.4 Å². The van der Waals surface area contributed by atoms with Crippen LogP contribution in [0.5, 0.6) is 5.75 Å². The number of carbonyl (C=O) groups excluding carboxylic acids is 2. The highest BCUT2D eigenvalue weighted by Crippen LogP contribution is 2.41. The number of hydrogen-bond acceptors (Lipinski definition) is 3. The molecule has 4 heteroatoms. The van der Waals surface area contributed by atoms with E-state index in [1.54, 1.807) is 6.07 Å². The van der Waals surface area contributed by atoms with Gasteiger partial charge < -0.3 is 10.4 Å². The Labute approximate surface area is 154 Å². The molecular formula is C22H25NO3. The van der Waals surface area contributed by atoms with Crippen LogP contribution in [0, 0.1) is 0 Å². The molecule has 3 rings (SSSR count). The van der Waals surface area contributed by atoms with Crippen LogP contribution in [0.15, 0.2) is 42.5 Å². The van der Waals surface area contributed by atoms with Crippen LogP contribution in [-0.2, 0) is 11.2 Å². The van der Waals surface area contributed by atoms with E-state index in [-0.39, 0.29) is 17.5 Å². The fourth-order valence-electron chi connectivity index (χ4n) is 3.85. The van der Waals surface area contributed by atoms with Gasteiger partial charge in [0.15, 0.2) is 5.78 Å². The fourth-order valence-corrected chi connectivity index (χ4v) is 3.85. The van der Waals surface area contributed by atoms with Crippen molar-refractivity contribution in [2.75, 3.05) is 0 Å². The summed E-state index contributed by atoms with van der Waals surface area (Å²) in [4.78, 5) is 23.7. The highest BCUT2D eigenvalue weighted by atomic mass is 16.3. The molecule has 2 atom stereocenters. The van der Waals surface area contributed by atoms with E-state index < -0.39 is 6.04 Å². The number of ketones is 1. The summed E-state index contributed by atoms with van der Waals surface area (Å²) in [6, 6.07) is 13.1. The zero-order valence-corrected chi connectivity index (χ0v) is 15.1. The number of phenols is 1. The summed E-state index contributed by atoms with van der Waals surface area (Å²) in [5, 5.41) is 13.2. The monoisotopic (exact) mass is 351 g/mol. The predicted molar refractivity (Wildman–Crippen MR) is 102 cm³/mol. The third-order valence-electron chi connectivity index (χ3n) is 5.16. The van der Waals surface area contributed by atoms with Crippen LogP contribution in [0.4, 0.5) is 0 Å². The van der Waals surface area contributed by atoms with Gasteiger partial charge in [-0.25, -0.2) is 0 Å². The molecule has 2 unspecified atom stereocenters. The molecule has 0 aliphatic heterocycles. The van der Waals surface area contributed by atoms with Crippen molar-refractivity contribution in [3.63, 3.8) is 0 Å². The van der Waals surface area contributed by atoms with Crippen LogP contribution in [0.3, 0.4) is 0 Å². The van der Waals surface area contributed by atoms with Crippen molar-refractivity contribution in [3.8, 4) is 5.75 Å². The van der Waals surface area contributed by atoms with Gasteiger partial charge in [0.25, 0.3) is 0 Å². The van der Waals surface area contributed by atoms with Gasteiger partial charge in [-0.2, -0.15) is 0 Å². The van der Waals surface area contributed by atoms with Crippen molar-refractivity contribution in [3.05, 3.63) is 64.7 Å². The van der Waals surface area contributed by atoms with E-state index in [1.165, 1.54) is 0 Å². The Balaban J connectivity index is 2.05. The predicted octanol–water partition coefficient (Wildman–Crippen LogP) is 3.96. The first-order valence-corrected chi connectivity index (χ1v) is 9.30. The first-order valence-electron chi connectivity index (χ1n) is 9.30. The van der Waals surface area contributed by atoms with E-state index in [1.807, 2.05) is 30.3 Å². The van der Waals surface area contributed by atoms with Crippen LogP contribution >= 0.6 is 0 Å². The molecule has 0 radical (unpaired) electrons. The van der Waals surface area contributed by atoms with E-state index in [0.29, 0.717) is 18.4 Å². The number of rotatable bonds is 7. The number of benzene rings is 2. The number of hydrogen-bond donors (Lipinski definition) is 2. The second-order valence-electron chi connectivity index (χ2n) is 6.94. The average Bonchev–Trinajstić information content (AvgIpc) is 2.65. The summed E-state index contributed by atoms with van der Waals surface area (Å²) < 4.78 is 0. The molecule has 0 spiro atoms. The first-order chi connectivity index (χ1) is 12.7. The number of carbonyl (C=O) groups is 2. The number of aryl methyl sites for hydroxylation is 1. The Morgan fingerprint density at radius 1 is 1.19 bits per heavy atom. The summed E-state index contributed by atoms with van der Waals surface area (Å²) in [7, 11) is 0. The summed E-state index contributed by atoms with van der Waals surface area (Å²) in [5.41, 5.74) is 3.37. The highest BCUT2D eigenvalue weighted by Gasteiger charge is 2.36. The van der Waals surface area contributed by atoms with E-state index in [4.69, 9.17) is 0 Å². The lowest BCUT2D eigenvalue weighted by Crippen LogP contribution is -2.41. The Morgan fingerprint density at radius 3 is 2.65 bits per heavy atom. The number of unbranched alkanes of at least 4 members (excludes halogenated alkanes) is 2. The molecule has 1 amide bonds. The maximum atomic E-state index is 12.8. The third kappa shape index (κ3) is 3.64. The Morgan fingerprint density at radius 2 is 1.96 bits per heavy atom. The molecule has 0 heterocycles. The van der Waals surface area contributed by atoms with Gasteiger partial charge >= 0.3 is 0 Å². The van der Waals surface area contributed by atoms with E-state index in [2.05, 4.69) is 18.3 Å². The summed E-state index contributed by atoms with van der Waals surface area (Å²) >= 11 is 0. The zero-order chi connectivity index (χ0) is 18.5. The van der Waals surface area contributed by atoms with Gasteiger partial charge in [-0.3, -0.25) is 9.59 Å². The van der Waals surface area contributed by atoms with Gasteiger partial charge in [-0.05, 0) is 42.0 Å². The molecule has 4 nitrogen and oxygen atoms in total. The molecule has 1 aliphatic carbocycles. The summed E-state index contributed by atoms with van der Waals surface area (Å²) in [5.74, 6) is -0.215. The highest BCUT2D eigenvalue weighted by molar-refractivity contribution is 6.06. The Hall–Kier alpha value is -2.62. The number of fused-ring (bicyclic) bond motifs is 1. The fraction of sp³-hybridized carbons (Fsp3) is 0.364. The number of nitrogens with one attached hydrogen (secondary N) is 1. The lowest BCUT2D eigenvalue weighted by atomic mass is 9.75. The second-order valence-corrected chi connectivity index (χ2v) is 6.94.